The third-order valence-corrected chi connectivity index (χ3v) is 5.44. The summed E-state index contributed by atoms with van der Waals surface area (Å²) in [6, 6.07) is 15.7. The van der Waals surface area contributed by atoms with Crippen LogP contribution in [0.1, 0.15) is 16.7 Å². The molecule has 2 heterocycles. The molecule has 0 radical (unpaired) electrons. The first kappa shape index (κ1) is 23.3. The van der Waals surface area contributed by atoms with Gasteiger partial charge in [-0.15, -0.1) is 0 Å². The third-order valence-electron chi connectivity index (χ3n) is 5.44. The lowest BCUT2D eigenvalue weighted by Crippen LogP contribution is -2.97. The smallest absolute Gasteiger partial charge is 0.273 e. The maximum Gasteiger partial charge on any atom is 0.446 e. The lowest BCUT2D eigenvalue weighted by molar-refractivity contribution is -0.659. The van der Waals surface area contributed by atoms with Gasteiger partial charge in [-0.05, 0) is 11.1 Å². The van der Waals surface area contributed by atoms with E-state index in [2.05, 4.69) is 5.32 Å². The molecule has 0 spiro atoms. The first-order valence-electron chi connectivity index (χ1n) is 9.94. The van der Waals surface area contributed by atoms with Crippen LogP contribution in [0.4, 0.5) is 32.2 Å². The van der Waals surface area contributed by atoms with E-state index < -0.39 is 46.4 Å². The second-order valence-electron chi connectivity index (χ2n) is 7.69. The zero-order valence-corrected chi connectivity index (χ0v) is 17.2. The minimum absolute atomic E-state index is 0.374. The van der Waals surface area contributed by atoms with Gasteiger partial charge in [0.25, 0.3) is 11.4 Å². The number of amidine groups is 1. The molecule has 34 heavy (non-hydrogen) atoms. The standard InChI is InChI=1S/C22H16F6N4O2/c23-21(24,25)20(22(26,27)28)16-17(29-15(31-20)11-13-7-3-1-4-8-13)32(19(34)30-18(16)33)12-14-9-5-2-6-10-14/h1-10H,11-12H2,(H,29,31)(H,30,33,34)/p+1. The van der Waals surface area contributed by atoms with Gasteiger partial charge in [-0.3, -0.25) is 19.3 Å². The number of halogens is 6. The average molecular weight is 483 g/mol. The Hall–Kier alpha value is -3.83. The quantitative estimate of drug-likeness (QED) is 0.497. The molecule has 0 saturated heterocycles. The van der Waals surface area contributed by atoms with E-state index in [1.807, 2.05) is 0 Å². The van der Waals surface area contributed by atoms with Gasteiger partial charge in [0.1, 0.15) is 5.56 Å². The number of rotatable bonds is 4. The Balaban J connectivity index is 2.02. The van der Waals surface area contributed by atoms with Crippen LogP contribution in [0, 0.1) is 0 Å². The normalized spacial score (nSPS) is 15.3. The molecular weight excluding hydrogens is 466 g/mol. The molecule has 6 nitrogen and oxygen atoms in total. The van der Waals surface area contributed by atoms with Crippen LogP contribution in [-0.2, 0) is 18.5 Å². The van der Waals surface area contributed by atoms with Gasteiger partial charge in [-0.1, -0.05) is 60.7 Å². The number of benzene rings is 2. The lowest BCUT2D eigenvalue weighted by atomic mass is 9.87. The van der Waals surface area contributed by atoms with Crippen molar-refractivity contribution in [2.45, 2.75) is 30.9 Å². The fourth-order valence-corrected chi connectivity index (χ4v) is 3.90. The maximum absolute atomic E-state index is 14.3. The largest absolute Gasteiger partial charge is 0.446 e. The van der Waals surface area contributed by atoms with E-state index in [1.54, 1.807) is 53.5 Å². The summed E-state index contributed by atoms with van der Waals surface area (Å²) in [5, 5.41) is 2.46. The van der Waals surface area contributed by atoms with Crippen LogP contribution >= 0.6 is 0 Å². The van der Waals surface area contributed by atoms with Gasteiger partial charge in [-0.2, -0.15) is 26.3 Å². The summed E-state index contributed by atoms with van der Waals surface area (Å²) in [6.45, 7) is -0.379. The fraction of sp³-hybridized carbons (Fsp3) is 0.227. The van der Waals surface area contributed by atoms with Crippen LogP contribution in [0.2, 0.25) is 0 Å². The molecule has 1 aliphatic heterocycles. The number of H-pyrrole nitrogens is 1. The molecule has 3 aromatic rings. The van der Waals surface area contributed by atoms with Crippen LogP contribution in [0.15, 0.2) is 70.3 Å². The van der Waals surface area contributed by atoms with Crippen LogP contribution < -0.4 is 21.6 Å². The molecule has 12 heteroatoms. The number of aromatic amines is 1. The van der Waals surface area contributed by atoms with Crippen molar-refractivity contribution < 1.29 is 31.3 Å². The zero-order chi connectivity index (χ0) is 24.7. The Kier molecular flexibility index (Phi) is 5.62. The average Bonchev–Trinajstić information content (AvgIpc) is 2.76. The summed E-state index contributed by atoms with van der Waals surface area (Å²) in [5.41, 5.74) is -8.55. The van der Waals surface area contributed by atoms with Crippen molar-refractivity contribution in [1.82, 2.24) is 9.55 Å². The minimum atomic E-state index is -5.98. The van der Waals surface area contributed by atoms with Crippen molar-refractivity contribution in [2.24, 2.45) is 0 Å². The van der Waals surface area contributed by atoms with E-state index in [1.165, 1.54) is 17.1 Å². The van der Waals surface area contributed by atoms with E-state index in [0.717, 1.165) is 0 Å². The van der Waals surface area contributed by atoms with Gasteiger partial charge in [0.05, 0.1) is 13.0 Å². The van der Waals surface area contributed by atoms with Crippen LogP contribution in [0.3, 0.4) is 0 Å². The Labute approximate surface area is 187 Å². The van der Waals surface area contributed by atoms with E-state index in [4.69, 9.17) is 0 Å². The molecule has 0 aliphatic carbocycles. The first-order chi connectivity index (χ1) is 15.9. The van der Waals surface area contributed by atoms with E-state index in [9.17, 15) is 35.9 Å². The number of hydrogen-bond acceptors (Lipinski definition) is 3. The molecule has 0 fully saturated rings. The predicted molar refractivity (Wildman–Crippen MR) is 110 cm³/mol. The van der Waals surface area contributed by atoms with Crippen LogP contribution in [-0.4, -0.2) is 27.7 Å². The first-order valence-corrected chi connectivity index (χ1v) is 9.94. The van der Waals surface area contributed by atoms with Gasteiger partial charge in [0, 0.05) is 0 Å². The molecule has 0 atom stereocenters. The Morgan fingerprint density at radius 3 is 1.88 bits per heavy atom. The zero-order valence-electron chi connectivity index (χ0n) is 17.2. The van der Waals surface area contributed by atoms with Crippen LogP contribution in [0.25, 0.3) is 0 Å². The predicted octanol–water partition coefficient (Wildman–Crippen LogP) is 2.05. The second kappa shape index (κ2) is 8.19. The number of nitrogens with zero attached hydrogens (tertiary/aromatic N) is 1. The van der Waals surface area contributed by atoms with Gasteiger partial charge >= 0.3 is 23.6 Å². The molecule has 2 aromatic carbocycles. The molecule has 0 unspecified atom stereocenters. The monoisotopic (exact) mass is 483 g/mol. The highest BCUT2D eigenvalue weighted by atomic mass is 19.4. The van der Waals surface area contributed by atoms with Gasteiger partial charge in [0.15, 0.2) is 0 Å². The van der Waals surface area contributed by atoms with Crippen molar-refractivity contribution in [1.29, 1.82) is 0 Å². The molecule has 1 aliphatic rings. The molecular formula is C22H17F6N4O2+. The summed E-state index contributed by atoms with van der Waals surface area (Å²) < 4.78 is 86.2. The molecule has 1 aromatic heterocycles. The number of hydrogen-bond donors (Lipinski definition) is 3. The summed E-state index contributed by atoms with van der Waals surface area (Å²) in [6.07, 6.45) is -12.3. The summed E-state index contributed by atoms with van der Waals surface area (Å²) in [5.74, 6) is -1.45. The number of nitrogens with one attached hydrogen (secondary N) is 3. The van der Waals surface area contributed by atoms with Crippen molar-refractivity contribution in [3.05, 3.63) is 98.2 Å². The topological polar surface area (TPSA) is 80.9 Å². The summed E-state index contributed by atoms with van der Waals surface area (Å²) in [4.78, 5) is 28.2. The Bertz CT molecular complexity index is 1330. The van der Waals surface area contributed by atoms with Gasteiger partial charge in [0.2, 0.25) is 5.82 Å². The number of anilines is 1. The number of aromatic nitrogens is 2. The van der Waals surface area contributed by atoms with E-state index >= 15 is 0 Å². The second-order valence-corrected chi connectivity index (χ2v) is 7.69. The third kappa shape index (κ3) is 3.88. The van der Waals surface area contributed by atoms with Crippen LogP contribution in [0.5, 0.6) is 0 Å². The molecule has 3 N–H and O–H groups in total. The van der Waals surface area contributed by atoms with Crippen molar-refractivity contribution in [2.75, 3.05) is 5.32 Å². The van der Waals surface area contributed by atoms with Crippen molar-refractivity contribution in [3.8, 4) is 0 Å². The highest BCUT2D eigenvalue weighted by molar-refractivity contribution is 5.94. The highest BCUT2D eigenvalue weighted by Gasteiger charge is 2.78. The number of fused-ring (bicyclic) bond motifs is 1. The molecule has 0 saturated carbocycles. The molecule has 4 rings (SSSR count). The van der Waals surface area contributed by atoms with E-state index in [-0.39, 0.29) is 13.0 Å². The summed E-state index contributed by atoms with van der Waals surface area (Å²) in [7, 11) is 0. The SMILES string of the molecule is O=c1[nH]c(=O)n(Cc2ccccc2)c2c1C(C(F)(F)F)(C(F)(F)F)[NH+]=C(Cc1ccccc1)N2. The summed E-state index contributed by atoms with van der Waals surface area (Å²) >= 11 is 0. The van der Waals surface area contributed by atoms with Gasteiger partial charge in [-0.25, -0.2) is 10.1 Å². The van der Waals surface area contributed by atoms with Crippen molar-refractivity contribution >= 4 is 11.7 Å². The maximum atomic E-state index is 14.3. The fourth-order valence-electron chi connectivity index (χ4n) is 3.90. The number of alkyl halides is 6. The lowest BCUT2D eigenvalue weighted by Gasteiger charge is -2.35. The van der Waals surface area contributed by atoms with Crippen molar-refractivity contribution in [3.63, 3.8) is 0 Å². The molecule has 178 valence electrons. The van der Waals surface area contributed by atoms with E-state index in [0.29, 0.717) is 15.7 Å². The highest BCUT2D eigenvalue weighted by Crippen LogP contribution is 2.48. The Morgan fingerprint density at radius 1 is 0.824 bits per heavy atom. The minimum Gasteiger partial charge on any atom is -0.273 e. The van der Waals surface area contributed by atoms with Gasteiger partial charge < -0.3 is 0 Å². The molecule has 0 bridgehead atoms. The Morgan fingerprint density at radius 2 is 1.35 bits per heavy atom. The molecule has 0 amide bonds.